The van der Waals surface area contributed by atoms with Crippen LogP contribution in [-0.4, -0.2) is 27.5 Å². The Morgan fingerprint density at radius 1 is 1.07 bits per heavy atom. The van der Waals surface area contributed by atoms with E-state index < -0.39 is 29.5 Å². The molecule has 1 heterocycles. The molecule has 0 amide bonds. The zero-order valence-electron chi connectivity index (χ0n) is 7.09. The molecule has 0 aliphatic carbocycles. The van der Waals surface area contributed by atoms with Gasteiger partial charge in [-0.15, -0.1) is 0 Å². The average Bonchev–Trinajstić information content (AvgIpc) is 1.98. The van der Waals surface area contributed by atoms with Crippen LogP contribution in [0.5, 0.6) is 11.8 Å². The fraction of sp³-hybridized carbons (Fsp3) is 0. The van der Waals surface area contributed by atoms with Gasteiger partial charge in [-0.25, -0.2) is 9.59 Å². The minimum absolute atomic E-state index is 0.425. The molecule has 0 aliphatic heterocycles. The summed E-state index contributed by atoms with van der Waals surface area (Å²) in [4.78, 5) is 33.3. The van der Waals surface area contributed by atoms with Crippen molar-refractivity contribution in [2.45, 2.75) is 0 Å². The van der Waals surface area contributed by atoms with E-state index in [1.54, 1.807) is 0 Å². The van der Waals surface area contributed by atoms with Crippen LogP contribution in [0.15, 0.2) is 16.9 Å². The number of H-pyrrole nitrogens is 1. The SMILES string of the molecule is O=C(O)Oc1cc(=O)cc(OC(=O)O)[nH]1. The lowest BCUT2D eigenvalue weighted by atomic mass is 10.4. The van der Waals surface area contributed by atoms with Gasteiger partial charge in [-0.1, -0.05) is 0 Å². The van der Waals surface area contributed by atoms with Gasteiger partial charge in [-0.3, -0.25) is 9.78 Å². The van der Waals surface area contributed by atoms with E-state index in [2.05, 4.69) is 14.5 Å². The molecule has 0 aromatic carbocycles. The van der Waals surface area contributed by atoms with Crippen LogP contribution in [0.3, 0.4) is 0 Å². The Morgan fingerprint density at radius 2 is 1.47 bits per heavy atom. The van der Waals surface area contributed by atoms with Crippen molar-refractivity contribution in [1.82, 2.24) is 4.98 Å². The first-order chi connectivity index (χ1) is 6.97. The normalized spacial score (nSPS) is 9.33. The van der Waals surface area contributed by atoms with E-state index in [9.17, 15) is 14.4 Å². The number of hydrogen-bond donors (Lipinski definition) is 3. The number of ether oxygens (including phenoxy) is 2. The molecule has 3 N–H and O–H groups in total. The average molecular weight is 215 g/mol. The van der Waals surface area contributed by atoms with Gasteiger partial charge in [0.2, 0.25) is 11.8 Å². The molecule has 0 atom stereocenters. The van der Waals surface area contributed by atoms with Crippen LogP contribution in [0.1, 0.15) is 0 Å². The molecule has 0 spiro atoms. The summed E-state index contributed by atoms with van der Waals surface area (Å²) in [5, 5.41) is 16.5. The Bertz CT molecular complexity index is 412. The first kappa shape index (κ1) is 10.6. The van der Waals surface area contributed by atoms with Crippen molar-refractivity contribution < 1.29 is 29.3 Å². The molecule has 0 bridgehead atoms. The van der Waals surface area contributed by atoms with Gasteiger partial charge in [-0.2, -0.15) is 0 Å². The summed E-state index contributed by atoms with van der Waals surface area (Å²) >= 11 is 0. The molecule has 1 aromatic heterocycles. The number of nitrogens with one attached hydrogen (secondary N) is 1. The molecular weight excluding hydrogens is 210 g/mol. The maximum Gasteiger partial charge on any atom is 0.512 e. The maximum atomic E-state index is 10.9. The van der Waals surface area contributed by atoms with Crippen LogP contribution in [0.4, 0.5) is 9.59 Å². The summed E-state index contributed by atoms with van der Waals surface area (Å²) in [7, 11) is 0. The molecule has 1 rings (SSSR count). The molecule has 80 valence electrons. The van der Waals surface area contributed by atoms with Gasteiger partial charge in [0.15, 0.2) is 5.43 Å². The van der Waals surface area contributed by atoms with Crippen molar-refractivity contribution in [3.63, 3.8) is 0 Å². The molecule has 0 saturated heterocycles. The van der Waals surface area contributed by atoms with E-state index in [0.717, 1.165) is 12.1 Å². The molecule has 8 heteroatoms. The van der Waals surface area contributed by atoms with E-state index in [-0.39, 0.29) is 0 Å². The number of carbonyl (C=O) groups is 2. The third-order valence-electron chi connectivity index (χ3n) is 1.19. The molecule has 0 fully saturated rings. The molecule has 15 heavy (non-hydrogen) atoms. The van der Waals surface area contributed by atoms with E-state index in [4.69, 9.17) is 10.2 Å². The lowest BCUT2D eigenvalue weighted by Crippen LogP contribution is -2.11. The van der Waals surface area contributed by atoms with Crippen molar-refractivity contribution in [3.05, 3.63) is 22.4 Å². The van der Waals surface area contributed by atoms with Crippen LogP contribution >= 0.6 is 0 Å². The van der Waals surface area contributed by atoms with Crippen LogP contribution in [0, 0.1) is 0 Å². The van der Waals surface area contributed by atoms with Gasteiger partial charge < -0.3 is 19.7 Å². The highest BCUT2D eigenvalue weighted by Gasteiger charge is 2.07. The highest BCUT2D eigenvalue weighted by Crippen LogP contribution is 2.10. The zero-order chi connectivity index (χ0) is 11.4. The maximum absolute atomic E-state index is 10.9. The summed E-state index contributed by atoms with van der Waals surface area (Å²) in [6.45, 7) is 0. The summed E-state index contributed by atoms with van der Waals surface area (Å²) in [6, 6.07) is 1.67. The Balaban J connectivity index is 2.99. The summed E-state index contributed by atoms with van der Waals surface area (Å²) in [5.74, 6) is -0.850. The Morgan fingerprint density at radius 3 is 1.80 bits per heavy atom. The van der Waals surface area contributed by atoms with Gasteiger partial charge in [0.1, 0.15) is 0 Å². The number of hydrogen-bond acceptors (Lipinski definition) is 5. The van der Waals surface area contributed by atoms with Gasteiger partial charge in [0, 0.05) is 12.1 Å². The van der Waals surface area contributed by atoms with Crippen LogP contribution in [-0.2, 0) is 0 Å². The smallest absolute Gasteiger partial charge is 0.449 e. The largest absolute Gasteiger partial charge is 0.512 e. The second kappa shape index (κ2) is 4.13. The van der Waals surface area contributed by atoms with Crippen molar-refractivity contribution in [1.29, 1.82) is 0 Å². The third-order valence-corrected chi connectivity index (χ3v) is 1.19. The van der Waals surface area contributed by atoms with Crippen molar-refractivity contribution in [3.8, 4) is 11.8 Å². The van der Waals surface area contributed by atoms with Gasteiger partial charge in [0.25, 0.3) is 0 Å². The second-order valence-corrected chi connectivity index (χ2v) is 2.28. The van der Waals surface area contributed by atoms with Gasteiger partial charge in [-0.05, 0) is 0 Å². The summed E-state index contributed by atoms with van der Waals surface area (Å²) in [6.07, 6.45) is -3.28. The molecule has 0 aliphatic rings. The minimum atomic E-state index is -1.64. The number of aromatic amines is 1. The summed E-state index contributed by atoms with van der Waals surface area (Å²) < 4.78 is 8.21. The lowest BCUT2D eigenvalue weighted by Gasteiger charge is -2.02. The molecule has 1 aromatic rings. The van der Waals surface area contributed by atoms with Crippen LogP contribution < -0.4 is 14.9 Å². The summed E-state index contributed by atoms with van der Waals surface area (Å²) in [5.41, 5.74) is -0.652. The number of carboxylic acid groups (broad SMARTS) is 2. The first-order valence-electron chi connectivity index (χ1n) is 3.53. The fourth-order valence-corrected chi connectivity index (χ4v) is 0.792. The number of pyridine rings is 1. The quantitative estimate of drug-likeness (QED) is 0.612. The standard InChI is InChI=1S/C7H5NO7/c9-3-1-4(14-6(10)11)8-5(2-3)15-7(12)13/h1-2H,(H,8,9)(H,10,11)(H,12,13). The highest BCUT2D eigenvalue weighted by atomic mass is 16.7. The molecule has 0 unspecified atom stereocenters. The van der Waals surface area contributed by atoms with Crippen LogP contribution in [0.25, 0.3) is 0 Å². The molecule has 8 nitrogen and oxygen atoms in total. The molecular formula is C7H5NO7. The predicted octanol–water partition coefficient (Wildman–Crippen LogP) is 0.488. The van der Waals surface area contributed by atoms with Crippen molar-refractivity contribution in [2.75, 3.05) is 0 Å². The van der Waals surface area contributed by atoms with Crippen molar-refractivity contribution >= 4 is 12.3 Å². The third kappa shape index (κ3) is 3.38. The van der Waals surface area contributed by atoms with E-state index in [0.29, 0.717) is 0 Å². The number of rotatable bonds is 2. The molecule has 0 radical (unpaired) electrons. The van der Waals surface area contributed by atoms with E-state index >= 15 is 0 Å². The molecule has 0 saturated carbocycles. The highest BCUT2D eigenvalue weighted by molar-refractivity contribution is 5.61. The van der Waals surface area contributed by atoms with Crippen molar-refractivity contribution in [2.24, 2.45) is 0 Å². The minimum Gasteiger partial charge on any atom is -0.449 e. The number of aromatic nitrogens is 1. The van der Waals surface area contributed by atoms with Gasteiger partial charge >= 0.3 is 12.3 Å². The Kier molecular flexibility index (Phi) is 2.91. The lowest BCUT2D eigenvalue weighted by molar-refractivity contribution is 0.139. The fourth-order valence-electron chi connectivity index (χ4n) is 0.792. The zero-order valence-corrected chi connectivity index (χ0v) is 7.09. The van der Waals surface area contributed by atoms with Crippen LogP contribution in [0.2, 0.25) is 0 Å². The second-order valence-electron chi connectivity index (χ2n) is 2.28. The Hall–Kier alpha value is -2.51. The topological polar surface area (TPSA) is 126 Å². The monoisotopic (exact) mass is 215 g/mol. The predicted molar refractivity (Wildman–Crippen MR) is 44.4 cm³/mol. The Labute approximate surface area is 81.7 Å². The first-order valence-corrected chi connectivity index (χ1v) is 3.53. The van der Waals surface area contributed by atoms with E-state index in [1.807, 2.05) is 0 Å². The van der Waals surface area contributed by atoms with E-state index in [1.165, 1.54) is 0 Å². The van der Waals surface area contributed by atoms with Gasteiger partial charge in [0.05, 0.1) is 0 Å².